The highest BCUT2D eigenvalue weighted by atomic mass is 19.1. The van der Waals surface area contributed by atoms with Crippen molar-refractivity contribution in [1.82, 2.24) is 5.16 Å². The van der Waals surface area contributed by atoms with Crippen LogP contribution in [-0.2, 0) is 9.47 Å². The number of nitrogens with zero attached hydrogens (tertiary/aromatic N) is 2. The van der Waals surface area contributed by atoms with Gasteiger partial charge in [0.25, 0.3) is 5.88 Å². The Morgan fingerprint density at radius 3 is 2.96 bits per heavy atom. The molecule has 0 radical (unpaired) electrons. The minimum absolute atomic E-state index is 0.141. The van der Waals surface area contributed by atoms with Crippen molar-refractivity contribution in [2.45, 2.75) is 19.4 Å². The maximum Gasteiger partial charge on any atom is 0.414 e. The first kappa shape index (κ1) is 17.5. The molecule has 27 heavy (non-hydrogen) atoms. The highest BCUT2D eigenvalue weighted by Crippen LogP contribution is 2.29. The van der Waals surface area contributed by atoms with Crippen LogP contribution in [0.3, 0.4) is 0 Å². The molecule has 0 saturated carbocycles. The second kappa shape index (κ2) is 7.40. The maximum absolute atomic E-state index is 14.6. The van der Waals surface area contributed by atoms with E-state index in [0.717, 1.165) is 5.57 Å². The van der Waals surface area contributed by atoms with E-state index in [1.165, 1.54) is 11.0 Å². The molecule has 2 aromatic rings. The van der Waals surface area contributed by atoms with Gasteiger partial charge in [-0.15, -0.1) is 0 Å². The number of aryl methyl sites for hydroxylation is 1. The summed E-state index contributed by atoms with van der Waals surface area (Å²) in [6.45, 7) is 3.23. The summed E-state index contributed by atoms with van der Waals surface area (Å²) in [6.07, 6.45) is 1.54. The summed E-state index contributed by atoms with van der Waals surface area (Å²) < 4.78 is 35.5. The van der Waals surface area contributed by atoms with Gasteiger partial charge in [0, 0.05) is 11.6 Å². The van der Waals surface area contributed by atoms with Gasteiger partial charge in [-0.05, 0) is 42.3 Å². The first-order chi connectivity index (χ1) is 13.1. The molecule has 2 aliphatic heterocycles. The predicted molar refractivity (Wildman–Crippen MR) is 94.2 cm³/mol. The lowest BCUT2D eigenvalue weighted by Crippen LogP contribution is -2.26. The fraction of sp³-hybridized carbons (Fsp3) is 0.368. The Bertz CT molecular complexity index is 879. The Morgan fingerprint density at radius 1 is 1.37 bits per heavy atom. The number of hydrogen-bond acceptors (Lipinski definition) is 6. The summed E-state index contributed by atoms with van der Waals surface area (Å²) in [5.74, 6) is 0.596. The summed E-state index contributed by atoms with van der Waals surface area (Å²) in [4.78, 5) is 13.6. The van der Waals surface area contributed by atoms with E-state index in [4.69, 9.17) is 18.7 Å². The molecule has 0 spiro atoms. The number of ether oxygens (including phenoxy) is 3. The summed E-state index contributed by atoms with van der Waals surface area (Å²) in [5.41, 5.74) is 1.91. The van der Waals surface area contributed by atoms with Crippen LogP contribution < -0.4 is 9.64 Å². The molecule has 1 aromatic carbocycles. The van der Waals surface area contributed by atoms with Gasteiger partial charge >= 0.3 is 6.09 Å². The highest BCUT2D eigenvalue weighted by molar-refractivity contribution is 5.90. The molecule has 1 saturated heterocycles. The van der Waals surface area contributed by atoms with Gasteiger partial charge in [-0.3, -0.25) is 4.90 Å². The standard InChI is InChI=1S/C19H19FN2O5/c1-12-8-18(21-27-12)25-11-15-10-22(19(23)26-15)14-2-3-16(17(20)9-14)13-4-6-24-7-5-13/h2-4,8-9,15H,5-7,10-11H2,1H3/t15-/m1/s1. The van der Waals surface area contributed by atoms with Crippen molar-refractivity contribution in [3.05, 3.63) is 47.5 Å². The van der Waals surface area contributed by atoms with E-state index in [1.807, 2.05) is 6.08 Å². The smallest absolute Gasteiger partial charge is 0.414 e. The van der Waals surface area contributed by atoms with E-state index in [1.54, 1.807) is 25.1 Å². The number of aromatic nitrogens is 1. The van der Waals surface area contributed by atoms with Crippen molar-refractivity contribution in [3.63, 3.8) is 0 Å². The molecule has 1 amide bonds. The van der Waals surface area contributed by atoms with Crippen LogP contribution in [0, 0.1) is 12.7 Å². The van der Waals surface area contributed by atoms with Gasteiger partial charge in [0.15, 0.2) is 6.10 Å². The van der Waals surface area contributed by atoms with E-state index in [0.29, 0.717) is 42.5 Å². The van der Waals surface area contributed by atoms with Crippen LogP contribution in [0.4, 0.5) is 14.9 Å². The molecular weight excluding hydrogens is 355 g/mol. The fourth-order valence-corrected chi connectivity index (χ4v) is 3.11. The van der Waals surface area contributed by atoms with E-state index in [9.17, 15) is 9.18 Å². The minimum atomic E-state index is -0.530. The number of carbonyl (C=O) groups excluding carboxylic acids is 1. The Morgan fingerprint density at radius 2 is 2.26 bits per heavy atom. The van der Waals surface area contributed by atoms with Crippen molar-refractivity contribution in [2.24, 2.45) is 0 Å². The van der Waals surface area contributed by atoms with Gasteiger partial charge in [0.2, 0.25) is 0 Å². The molecule has 0 N–H and O–H groups in total. The lowest BCUT2D eigenvalue weighted by Gasteiger charge is -2.17. The monoisotopic (exact) mass is 374 g/mol. The molecule has 3 heterocycles. The molecule has 1 aromatic heterocycles. The molecule has 0 bridgehead atoms. The Kier molecular flexibility index (Phi) is 4.81. The lowest BCUT2D eigenvalue weighted by molar-refractivity contribution is 0.101. The number of rotatable bonds is 5. The van der Waals surface area contributed by atoms with Gasteiger partial charge in [-0.1, -0.05) is 6.08 Å². The first-order valence-electron chi connectivity index (χ1n) is 8.71. The molecule has 8 heteroatoms. The molecule has 4 rings (SSSR count). The zero-order valence-corrected chi connectivity index (χ0v) is 14.8. The second-order valence-corrected chi connectivity index (χ2v) is 6.42. The van der Waals surface area contributed by atoms with Crippen molar-refractivity contribution >= 4 is 17.4 Å². The topological polar surface area (TPSA) is 74.0 Å². The Hall–Kier alpha value is -2.87. The third kappa shape index (κ3) is 3.80. The van der Waals surface area contributed by atoms with Crippen LogP contribution in [0.2, 0.25) is 0 Å². The summed E-state index contributed by atoms with van der Waals surface area (Å²) in [7, 11) is 0. The number of halogens is 1. The van der Waals surface area contributed by atoms with Gasteiger partial charge in [0.05, 0.1) is 25.4 Å². The van der Waals surface area contributed by atoms with Crippen molar-refractivity contribution in [3.8, 4) is 5.88 Å². The summed E-state index contributed by atoms with van der Waals surface area (Å²) >= 11 is 0. The predicted octanol–water partition coefficient (Wildman–Crippen LogP) is 3.33. The Labute approximate surface area is 155 Å². The van der Waals surface area contributed by atoms with Crippen LogP contribution in [0.1, 0.15) is 17.7 Å². The minimum Gasteiger partial charge on any atom is -0.471 e. The average Bonchev–Trinajstić information content (AvgIpc) is 3.26. The van der Waals surface area contributed by atoms with Gasteiger partial charge in [-0.2, -0.15) is 0 Å². The van der Waals surface area contributed by atoms with E-state index < -0.39 is 12.2 Å². The average molecular weight is 374 g/mol. The third-order valence-electron chi connectivity index (χ3n) is 4.47. The van der Waals surface area contributed by atoms with Crippen LogP contribution >= 0.6 is 0 Å². The zero-order chi connectivity index (χ0) is 18.8. The summed E-state index contributed by atoms with van der Waals surface area (Å²) in [5, 5.41) is 3.72. The number of cyclic esters (lactones) is 1. The molecule has 142 valence electrons. The highest BCUT2D eigenvalue weighted by Gasteiger charge is 2.33. The van der Waals surface area contributed by atoms with Crippen LogP contribution in [-0.4, -0.2) is 43.7 Å². The van der Waals surface area contributed by atoms with Gasteiger partial charge < -0.3 is 18.7 Å². The summed E-state index contributed by atoms with van der Waals surface area (Å²) in [6, 6.07) is 6.42. The number of hydrogen-bond donors (Lipinski definition) is 0. The van der Waals surface area contributed by atoms with Gasteiger partial charge in [-0.25, -0.2) is 9.18 Å². The fourth-order valence-electron chi connectivity index (χ4n) is 3.11. The second-order valence-electron chi connectivity index (χ2n) is 6.42. The molecular formula is C19H19FN2O5. The maximum atomic E-state index is 14.6. The largest absolute Gasteiger partial charge is 0.471 e. The van der Waals surface area contributed by atoms with E-state index in [2.05, 4.69) is 5.16 Å². The van der Waals surface area contributed by atoms with Crippen molar-refractivity contribution in [1.29, 1.82) is 0 Å². The molecule has 1 atom stereocenters. The third-order valence-corrected chi connectivity index (χ3v) is 4.47. The van der Waals surface area contributed by atoms with Crippen LogP contribution in [0.5, 0.6) is 5.88 Å². The number of amides is 1. The molecule has 2 aliphatic rings. The van der Waals surface area contributed by atoms with E-state index in [-0.39, 0.29) is 19.0 Å². The Balaban J connectivity index is 1.43. The van der Waals surface area contributed by atoms with Gasteiger partial charge in [0.1, 0.15) is 18.2 Å². The zero-order valence-electron chi connectivity index (χ0n) is 14.8. The van der Waals surface area contributed by atoms with Crippen molar-refractivity contribution in [2.75, 3.05) is 31.3 Å². The van der Waals surface area contributed by atoms with Crippen LogP contribution in [0.15, 0.2) is 34.9 Å². The molecule has 0 unspecified atom stereocenters. The number of anilines is 1. The van der Waals surface area contributed by atoms with Crippen LogP contribution in [0.25, 0.3) is 5.57 Å². The lowest BCUT2D eigenvalue weighted by atomic mass is 10.0. The molecule has 0 aliphatic carbocycles. The quantitative estimate of drug-likeness (QED) is 0.799. The number of benzene rings is 1. The van der Waals surface area contributed by atoms with E-state index >= 15 is 0 Å². The SMILES string of the molecule is Cc1cc(OC[C@H]2CN(c3ccc(C4=CCOCC4)c(F)c3)C(=O)O2)no1. The number of carbonyl (C=O) groups is 1. The van der Waals surface area contributed by atoms with Crippen molar-refractivity contribution < 1.29 is 27.9 Å². The molecule has 1 fully saturated rings. The first-order valence-corrected chi connectivity index (χ1v) is 8.71. The molecule has 7 nitrogen and oxygen atoms in total. The normalized spacial score (nSPS) is 19.8.